The molecule has 7 aromatic rings. The lowest BCUT2D eigenvalue weighted by Crippen LogP contribution is -1.83. The van der Waals surface area contributed by atoms with E-state index in [0.717, 1.165) is 43.4 Å². The average molecular weight is 448 g/mol. The van der Waals surface area contributed by atoms with E-state index in [1.807, 2.05) is 0 Å². The molecule has 5 aromatic carbocycles. The summed E-state index contributed by atoms with van der Waals surface area (Å²) in [6, 6.07) is 19.9. The molecule has 34 heavy (non-hydrogen) atoms. The fourth-order valence-electron chi connectivity index (χ4n) is 4.97. The zero-order valence-corrected chi connectivity index (χ0v) is 17.5. The average Bonchev–Trinajstić information content (AvgIpc) is 3.38. The summed E-state index contributed by atoms with van der Waals surface area (Å²) in [5.41, 5.74) is 2.48. The molecular weight excluding hydrogens is 432 g/mol. The molecule has 164 valence electrons. The van der Waals surface area contributed by atoms with Crippen LogP contribution in [0.5, 0.6) is 23.0 Å². The fourth-order valence-corrected chi connectivity index (χ4v) is 4.97. The predicted molar refractivity (Wildman–Crippen MR) is 130 cm³/mol. The van der Waals surface area contributed by atoms with Crippen molar-refractivity contribution in [1.82, 2.24) is 0 Å². The molecule has 0 bridgehead atoms. The molecule has 2 aromatic heterocycles. The number of furan rings is 2. The minimum atomic E-state index is 0.0493. The molecule has 0 saturated carbocycles. The van der Waals surface area contributed by atoms with E-state index in [-0.39, 0.29) is 23.0 Å². The quantitative estimate of drug-likeness (QED) is 0.211. The van der Waals surface area contributed by atoms with Gasteiger partial charge in [-0.25, -0.2) is 0 Å². The van der Waals surface area contributed by atoms with Gasteiger partial charge in [-0.15, -0.1) is 0 Å². The van der Waals surface area contributed by atoms with Crippen LogP contribution in [0.2, 0.25) is 0 Å². The first kappa shape index (κ1) is 18.7. The van der Waals surface area contributed by atoms with Crippen LogP contribution in [0.1, 0.15) is 0 Å². The van der Waals surface area contributed by atoms with Crippen molar-refractivity contribution in [3.05, 3.63) is 72.8 Å². The molecule has 0 fully saturated rings. The van der Waals surface area contributed by atoms with Gasteiger partial charge in [0.2, 0.25) is 0 Å². The summed E-state index contributed by atoms with van der Waals surface area (Å²) in [5, 5.41) is 45.3. The molecule has 0 spiro atoms. The number of aromatic hydroxyl groups is 4. The molecule has 0 radical (unpaired) electrons. The summed E-state index contributed by atoms with van der Waals surface area (Å²) in [4.78, 5) is 0. The van der Waals surface area contributed by atoms with E-state index < -0.39 is 0 Å². The molecule has 0 aliphatic heterocycles. The molecule has 0 unspecified atom stereocenters. The number of fused-ring (bicyclic) bond motifs is 2. The van der Waals surface area contributed by atoms with E-state index in [1.165, 1.54) is 0 Å². The minimum Gasteiger partial charge on any atom is -0.508 e. The molecule has 0 saturated heterocycles. The van der Waals surface area contributed by atoms with Crippen LogP contribution >= 0.6 is 0 Å². The lowest BCUT2D eigenvalue weighted by atomic mass is 9.92. The third-order valence-corrected chi connectivity index (χ3v) is 6.35. The van der Waals surface area contributed by atoms with Crippen molar-refractivity contribution in [1.29, 1.82) is 0 Å². The Bertz CT molecular complexity index is 1730. The van der Waals surface area contributed by atoms with Gasteiger partial charge in [0.25, 0.3) is 0 Å². The molecule has 0 aliphatic rings. The number of rotatable bonds is 2. The summed E-state index contributed by atoms with van der Waals surface area (Å²) in [6.45, 7) is 0. The van der Waals surface area contributed by atoms with Crippen LogP contribution in [-0.4, -0.2) is 20.4 Å². The van der Waals surface area contributed by atoms with Gasteiger partial charge in [-0.3, -0.25) is 0 Å². The Hall–Kier alpha value is -4.84. The Morgan fingerprint density at radius 2 is 0.794 bits per heavy atom. The highest BCUT2D eigenvalue weighted by Crippen LogP contribution is 2.51. The summed E-state index contributed by atoms with van der Waals surface area (Å²) in [7, 11) is 0. The third-order valence-electron chi connectivity index (χ3n) is 6.35. The molecule has 2 heterocycles. The van der Waals surface area contributed by atoms with Crippen molar-refractivity contribution in [3.8, 4) is 45.6 Å². The van der Waals surface area contributed by atoms with Gasteiger partial charge in [-0.2, -0.15) is 0 Å². The van der Waals surface area contributed by atoms with E-state index in [1.54, 1.807) is 72.8 Å². The van der Waals surface area contributed by atoms with Gasteiger partial charge < -0.3 is 29.3 Å². The number of benzene rings is 5. The lowest BCUT2D eigenvalue weighted by molar-refractivity contribution is 0.474. The van der Waals surface area contributed by atoms with E-state index in [2.05, 4.69) is 0 Å². The molecular formula is C28H16O6. The van der Waals surface area contributed by atoms with Crippen LogP contribution < -0.4 is 0 Å². The zero-order valence-electron chi connectivity index (χ0n) is 17.5. The first-order chi connectivity index (χ1) is 16.5. The van der Waals surface area contributed by atoms with Gasteiger partial charge in [0.1, 0.15) is 45.7 Å². The second-order valence-electron chi connectivity index (χ2n) is 8.44. The maximum atomic E-state index is 10.6. The Kier molecular flexibility index (Phi) is 3.50. The van der Waals surface area contributed by atoms with Crippen LogP contribution in [-0.2, 0) is 0 Å². The van der Waals surface area contributed by atoms with E-state index in [4.69, 9.17) is 8.83 Å². The van der Waals surface area contributed by atoms with Crippen molar-refractivity contribution < 1.29 is 29.3 Å². The highest BCUT2D eigenvalue weighted by Gasteiger charge is 2.26. The van der Waals surface area contributed by atoms with Gasteiger partial charge in [0.15, 0.2) is 0 Å². The Labute approximate surface area is 191 Å². The number of phenolic OH excluding ortho intramolecular Hbond substituents is 4. The summed E-state index contributed by atoms with van der Waals surface area (Å²) < 4.78 is 12.5. The van der Waals surface area contributed by atoms with Crippen molar-refractivity contribution >= 4 is 43.5 Å². The Balaban J connectivity index is 1.73. The van der Waals surface area contributed by atoms with Crippen molar-refractivity contribution in [2.24, 2.45) is 0 Å². The van der Waals surface area contributed by atoms with Crippen molar-refractivity contribution in [3.63, 3.8) is 0 Å². The van der Waals surface area contributed by atoms with E-state index in [0.29, 0.717) is 22.7 Å². The highest BCUT2D eigenvalue weighted by atomic mass is 16.3. The van der Waals surface area contributed by atoms with E-state index in [9.17, 15) is 20.4 Å². The van der Waals surface area contributed by atoms with Gasteiger partial charge in [0.05, 0.1) is 0 Å². The second kappa shape index (κ2) is 6.36. The second-order valence-corrected chi connectivity index (χ2v) is 8.44. The van der Waals surface area contributed by atoms with Crippen LogP contribution in [0, 0.1) is 0 Å². The van der Waals surface area contributed by atoms with Gasteiger partial charge in [0, 0.05) is 55.6 Å². The molecule has 7 rings (SSSR count). The maximum Gasteiger partial charge on any atom is 0.143 e. The van der Waals surface area contributed by atoms with Crippen molar-refractivity contribution in [2.45, 2.75) is 0 Å². The first-order valence-corrected chi connectivity index (χ1v) is 10.7. The first-order valence-electron chi connectivity index (χ1n) is 10.7. The monoisotopic (exact) mass is 448 g/mol. The van der Waals surface area contributed by atoms with Crippen LogP contribution in [0.4, 0.5) is 0 Å². The highest BCUT2D eigenvalue weighted by molar-refractivity contribution is 6.37. The zero-order chi connectivity index (χ0) is 23.1. The molecule has 0 aliphatic carbocycles. The molecule has 0 amide bonds. The fraction of sp³-hybridized carbons (Fsp3) is 0. The van der Waals surface area contributed by atoms with E-state index >= 15 is 0 Å². The Morgan fingerprint density at radius 3 is 1.18 bits per heavy atom. The van der Waals surface area contributed by atoms with Crippen LogP contribution in [0.25, 0.3) is 66.1 Å². The summed E-state index contributed by atoms with van der Waals surface area (Å²) in [5.74, 6) is 1.50. The minimum absolute atomic E-state index is 0.0493. The topological polar surface area (TPSA) is 107 Å². The predicted octanol–water partition coefficient (Wildman–Crippen LogP) is 7.08. The lowest BCUT2D eigenvalue weighted by Gasteiger charge is -2.08. The van der Waals surface area contributed by atoms with Crippen LogP contribution in [0.3, 0.4) is 0 Å². The third kappa shape index (κ3) is 2.45. The SMILES string of the molecule is Oc1ccc(-c2oc3cc(O)cc4c5c(-c6ccc(O)cc6)oc6cc(O)cc(c2c34)c65)cc1. The number of hydrogen-bond donors (Lipinski definition) is 4. The molecule has 0 atom stereocenters. The number of phenols is 4. The maximum absolute atomic E-state index is 10.6. The van der Waals surface area contributed by atoms with Gasteiger partial charge in [-0.1, -0.05) is 0 Å². The summed E-state index contributed by atoms with van der Waals surface area (Å²) >= 11 is 0. The molecule has 4 N–H and O–H groups in total. The van der Waals surface area contributed by atoms with Crippen molar-refractivity contribution in [2.75, 3.05) is 0 Å². The van der Waals surface area contributed by atoms with Crippen LogP contribution in [0.15, 0.2) is 81.6 Å². The standard InChI is InChI=1S/C28H16O6/c29-15-5-1-13(2-6-15)27-25-19-9-17(31)12-22-24(19)26(20-10-18(32)11-21(33-27)23(20)25)28(34-22)14-3-7-16(30)8-4-14/h1-12,29-32H. The van der Waals surface area contributed by atoms with Gasteiger partial charge in [-0.05, 0) is 60.7 Å². The number of hydrogen-bond acceptors (Lipinski definition) is 6. The molecule has 6 nitrogen and oxygen atoms in total. The normalized spacial score (nSPS) is 12.0. The van der Waals surface area contributed by atoms with Gasteiger partial charge >= 0.3 is 0 Å². The smallest absolute Gasteiger partial charge is 0.143 e. The Morgan fingerprint density at radius 1 is 0.412 bits per heavy atom. The molecule has 6 heteroatoms. The summed E-state index contributed by atoms with van der Waals surface area (Å²) in [6.07, 6.45) is 0. The largest absolute Gasteiger partial charge is 0.508 e.